The van der Waals surface area contributed by atoms with Gasteiger partial charge in [0, 0.05) is 5.41 Å². The summed E-state index contributed by atoms with van der Waals surface area (Å²) in [5.74, 6) is 2.24. The maximum Gasteiger partial charge on any atom is 0.115 e. The van der Waals surface area contributed by atoms with Crippen molar-refractivity contribution < 1.29 is 10.2 Å². The van der Waals surface area contributed by atoms with Crippen LogP contribution in [0, 0.1) is 22.7 Å². The number of aliphatic hydroxyl groups excluding tert-OH is 1. The van der Waals surface area contributed by atoms with Gasteiger partial charge in [-0.25, -0.2) is 0 Å². The molecule has 25 heavy (non-hydrogen) atoms. The van der Waals surface area contributed by atoms with E-state index in [-0.39, 0.29) is 16.9 Å². The predicted octanol–water partition coefficient (Wildman–Crippen LogP) is 5.19. The molecular weight excluding hydrogens is 308 g/mol. The maximum absolute atomic E-state index is 11.1. The minimum atomic E-state index is -0.279. The minimum Gasteiger partial charge on any atom is -0.508 e. The third kappa shape index (κ3) is 2.73. The quantitative estimate of drug-likeness (QED) is 0.638. The Labute approximate surface area is 152 Å². The number of hydrogen-bond donors (Lipinski definition) is 2. The molecule has 4 rings (SSSR count). The van der Waals surface area contributed by atoms with Crippen molar-refractivity contribution in [1.82, 2.24) is 0 Å². The van der Waals surface area contributed by atoms with Gasteiger partial charge in [0.2, 0.25) is 0 Å². The van der Waals surface area contributed by atoms with Crippen molar-refractivity contribution in [1.29, 1.82) is 0 Å². The van der Waals surface area contributed by atoms with Crippen LogP contribution in [0.1, 0.15) is 70.4 Å². The third-order valence-electron chi connectivity index (χ3n) is 7.20. The lowest BCUT2D eigenvalue weighted by Gasteiger charge is -2.49. The fourth-order valence-corrected chi connectivity index (χ4v) is 6.12. The topological polar surface area (TPSA) is 40.5 Å². The highest BCUT2D eigenvalue weighted by atomic mass is 16.3. The van der Waals surface area contributed by atoms with Gasteiger partial charge in [-0.1, -0.05) is 39.8 Å². The summed E-state index contributed by atoms with van der Waals surface area (Å²) in [6.45, 7) is 9.00. The van der Waals surface area contributed by atoms with Crippen molar-refractivity contribution in [3.63, 3.8) is 0 Å². The van der Waals surface area contributed by atoms with Crippen molar-refractivity contribution in [2.24, 2.45) is 22.7 Å². The second-order valence-electron chi connectivity index (χ2n) is 10.0. The molecule has 0 saturated heterocycles. The molecule has 2 N–H and O–H groups in total. The zero-order chi connectivity index (χ0) is 18.0. The van der Waals surface area contributed by atoms with Gasteiger partial charge in [0.05, 0.1) is 6.10 Å². The smallest absolute Gasteiger partial charge is 0.115 e. The standard InChI is InChI=1S/C23H32O2/c1-22(2,3)13-15-12-20-19-7-5-14-11-16(24)6-8-17(14)18(19)9-10-23(20,4)21(15)25/h6,8,11,13,18-21,24-25H,5,7,9-10,12H2,1-4H3/t18?,19?,20?,21-,23-/m0/s1. The molecule has 0 heterocycles. The van der Waals surface area contributed by atoms with Crippen molar-refractivity contribution in [2.45, 2.75) is 71.8 Å². The molecule has 1 aromatic carbocycles. The SMILES string of the molecule is CC(C)(C)C=C1CC2C3CCc4cc(O)ccc4C3CC[C@]2(C)[C@H]1O. The molecule has 3 aliphatic carbocycles. The van der Waals surface area contributed by atoms with Gasteiger partial charge in [-0.2, -0.15) is 0 Å². The molecule has 0 aromatic heterocycles. The van der Waals surface area contributed by atoms with Crippen LogP contribution in [0.5, 0.6) is 5.75 Å². The van der Waals surface area contributed by atoms with Gasteiger partial charge < -0.3 is 10.2 Å². The first-order valence-corrected chi connectivity index (χ1v) is 9.90. The lowest BCUT2D eigenvalue weighted by Crippen LogP contribution is -2.44. The van der Waals surface area contributed by atoms with Gasteiger partial charge >= 0.3 is 0 Å². The number of aliphatic hydroxyl groups is 1. The Morgan fingerprint density at radius 3 is 2.68 bits per heavy atom. The zero-order valence-electron chi connectivity index (χ0n) is 16.0. The molecule has 136 valence electrons. The van der Waals surface area contributed by atoms with E-state index >= 15 is 0 Å². The molecular formula is C23H32O2. The molecule has 0 amide bonds. The highest BCUT2D eigenvalue weighted by Crippen LogP contribution is 2.62. The number of fused-ring (bicyclic) bond motifs is 5. The average molecular weight is 341 g/mol. The van der Waals surface area contributed by atoms with Crippen LogP contribution in [0.3, 0.4) is 0 Å². The summed E-state index contributed by atoms with van der Waals surface area (Å²) in [7, 11) is 0. The molecule has 3 unspecified atom stereocenters. The first kappa shape index (κ1) is 17.1. The lowest BCUT2D eigenvalue weighted by atomic mass is 9.55. The Bertz CT molecular complexity index is 711. The van der Waals surface area contributed by atoms with Crippen LogP contribution in [0.25, 0.3) is 0 Å². The van der Waals surface area contributed by atoms with E-state index in [0.29, 0.717) is 23.5 Å². The number of aromatic hydroxyl groups is 1. The zero-order valence-corrected chi connectivity index (χ0v) is 16.0. The van der Waals surface area contributed by atoms with E-state index in [1.54, 1.807) is 0 Å². The molecule has 3 aliphatic rings. The van der Waals surface area contributed by atoms with Crippen molar-refractivity contribution in [2.75, 3.05) is 0 Å². The van der Waals surface area contributed by atoms with Crippen LogP contribution >= 0.6 is 0 Å². The average Bonchev–Trinajstić information content (AvgIpc) is 2.77. The van der Waals surface area contributed by atoms with Crippen LogP contribution in [0.4, 0.5) is 0 Å². The number of phenols is 1. The number of hydrogen-bond acceptors (Lipinski definition) is 2. The van der Waals surface area contributed by atoms with Gasteiger partial charge in [0.25, 0.3) is 0 Å². The Kier molecular flexibility index (Phi) is 3.85. The van der Waals surface area contributed by atoms with E-state index in [9.17, 15) is 10.2 Å². The molecule has 2 fully saturated rings. The molecule has 0 bridgehead atoms. The summed E-state index contributed by atoms with van der Waals surface area (Å²) < 4.78 is 0. The summed E-state index contributed by atoms with van der Waals surface area (Å²) in [5.41, 5.74) is 4.23. The summed E-state index contributed by atoms with van der Waals surface area (Å²) in [6, 6.07) is 5.97. The van der Waals surface area contributed by atoms with Crippen molar-refractivity contribution >= 4 is 0 Å². The molecule has 2 heteroatoms. The van der Waals surface area contributed by atoms with Crippen LogP contribution in [-0.2, 0) is 6.42 Å². The first-order chi connectivity index (χ1) is 11.7. The van der Waals surface area contributed by atoms with Gasteiger partial charge in [-0.05, 0) is 84.1 Å². The molecule has 2 saturated carbocycles. The fraction of sp³-hybridized carbons (Fsp3) is 0.652. The van der Waals surface area contributed by atoms with Gasteiger partial charge in [0.15, 0.2) is 0 Å². The van der Waals surface area contributed by atoms with Crippen LogP contribution < -0.4 is 0 Å². The Morgan fingerprint density at radius 2 is 1.96 bits per heavy atom. The first-order valence-electron chi connectivity index (χ1n) is 9.90. The number of allylic oxidation sites excluding steroid dienone is 1. The van der Waals surface area contributed by atoms with E-state index in [1.807, 2.05) is 12.1 Å². The Morgan fingerprint density at radius 1 is 1.20 bits per heavy atom. The minimum absolute atomic E-state index is 0.0344. The van der Waals surface area contributed by atoms with E-state index < -0.39 is 0 Å². The maximum atomic E-state index is 11.1. The van der Waals surface area contributed by atoms with Gasteiger partial charge in [-0.3, -0.25) is 0 Å². The number of phenolic OH excluding ortho intramolecular Hbond substituents is 1. The van der Waals surface area contributed by atoms with E-state index in [0.717, 1.165) is 25.7 Å². The Hall–Kier alpha value is -1.28. The highest BCUT2D eigenvalue weighted by Gasteiger charge is 2.56. The molecule has 0 aliphatic heterocycles. The Balaban J connectivity index is 1.69. The molecule has 0 radical (unpaired) electrons. The third-order valence-corrected chi connectivity index (χ3v) is 7.20. The summed E-state index contributed by atoms with van der Waals surface area (Å²) in [6.07, 6.45) is 7.62. The fourth-order valence-electron chi connectivity index (χ4n) is 6.12. The number of aryl methyl sites for hydroxylation is 1. The van der Waals surface area contributed by atoms with E-state index in [2.05, 4.69) is 39.8 Å². The summed E-state index contributed by atoms with van der Waals surface area (Å²) in [5, 5.41) is 20.9. The largest absolute Gasteiger partial charge is 0.508 e. The highest BCUT2D eigenvalue weighted by molar-refractivity contribution is 5.41. The summed E-state index contributed by atoms with van der Waals surface area (Å²) >= 11 is 0. The van der Waals surface area contributed by atoms with E-state index in [4.69, 9.17) is 0 Å². The molecule has 0 spiro atoms. The van der Waals surface area contributed by atoms with Crippen LogP contribution in [0.2, 0.25) is 0 Å². The van der Waals surface area contributed by atoms with Crippen LogP contribution in [0.15, 0.2) is 29.8 Å². The van der Waals surface area contributed by atoms with Crippen molar-refractivity contribution in [3.8, 4) is 5.75 Å². The van der Waals surface area contributed by atoms with Gasteiger partial charge in [-0.15, -0.1) is 0 Å². The normalized spacial score (nSPS) is 39.0. The molecule has 5 atom stereocenters. The van der Waals surface area contributed by atoms with Crippen molar-refractivity contribution in [3.05, 3.63) is 41.0 Å². The molecule has 2 nitrogen and oxygen atoms in total. The van der Waals surface area contributed by atoms with Gasteiger partial charge in [0.1, 0.15) is 5.75 Å². The second-order valence-corrected chi connectivity index (χ2v) is 10.0. The predicted molar refractivity (Wildman–Crippen MR) is 102 cm³/mol. The van der Waals surface area contributed by atoms with E-state index in [1.165, 1.54) is 23.1 Å². The monoisotopic (exact) mass is 340 g/mol. The second kappa shape index (κ2) is 5.61. The number of benzene rings is 1. The number of rotatable bonds is 0. The lowest BCUT2D eigenvalue weighted by molar-refractivity contribution is -0.0161. The summed E-state index contributed by atoms with van der Waals surface area (Å²) in [4.78, 5) is 0. The molecule has 1 aromatic rings. The van der Waals surface area contributed by atoms with Crippen LogP contribution in [-0.4, -0.2) is 16.3 Å².